The first-order valence-electron chi connectivity index (χ1n) is 6.46. The highest BCUT2D eigenvalue weighted by Crippen LogP contribution is 2.24. The fourth-order valence-corrected chi connectivity index (χ4v) is 1.97. The number of halogens is 5. The third kappa shape index (κ3) is 7.93. The molecule has 1 fully saturated rings. The van der Waals surface area contributed by atoms with Crippen LogP contribution in [-0.4, -0.2) is 38.6 Å². The summed E-state index contributed by atoms with van der Waals surface area (Å²) >= 11 is 0. The van der Waals surface area contributed by atoms with Crippen molar-refractivity contribution < 1.29 is 22.6 Å². The molecule has 0 spiro atoms. The predicted octanol–water partition coefficient (Wildman–Crippen LogP) is 2.76. The van der Waals surface area contributed by atoms with Crippen LogP contribution in [0.25, 0.3) is 0 Å². The molecule has 22 heavy (non-hydrogen) atoms. The summed E-state index contributed by atoms with van der Waals surface area (Å²) in [6.45, 7) is 3.33. The zero-order chi connectivity index (χ0) is 14.4. The van der Waals surface area contributed by atoms with Crippen LogP contribution in [0.15, 0.2) is 24.3 Å². The van der Waals surface area contributed by atoms with Gasteiger partial charge in [0.1, 0.15) is 11.5 Å². The van der Waals surface area contributed by atoms with Crippen LogP contribution in [0.3, 0.4) is 0 Å². The monoisotopic (exact) mass is 362 g/mol. The van der Waals surface area contributed by atoms with Crippen LogP contribution in [-0.2, 0) is 0 Å². The van der Waals surface area contributed by atoms with Gasteiger partial charge in [0.25, 0.3) is 0 Å². The van der Waals surface area contributed by atoms with Gasteiger partial charge in [-0.1, -0.05) is 0 Å². The molecule has 128 valence electrons. The normalized spacial score (nSPS) is 17.9. The molecule has 1 aliphatic rings. The zero-order valence-electron chi connectivity index (χ0n) is 11.7. The van der Waals surface area contributed by atoms with Gasteiger partial charge < -0.3 is 20.1 Å². The van der Waals surface area contributed by atoms with Crippen LogP contribution >= 0.6 is 24.8 Å². The largest absolute Gasteiger partial charge is 0.573 e. The van der Waals surface area contributed by atoms with Crippen molar-refractivity contribution in [3.63, 3.8) is 0 Å². The predicted molar refractivity (Wildman–Crippen MR) is 82.4 cm³/mol. The molecular formula is C13H19Cl2F3N2O2. The van der Waals surface area contributed by atoms with E-state index in [1.54, 1.807) is 0 Å². The molecule has 1 unspecified atom stereocenters. The lowest BCUT2D eigenvalue weighted by molar-refractivity contribution is -0.274. The quantitative estimate of drug-likeness (QED) is 0.845. The van der Waals surface area contributed by atoms with Crippen molar-refractivity contribution in [1.29, 1.82) is 0 Å². The molecule has 0 saturated carbocycles. The van der Waals surface area contributed by atoms with Crippen molar-refractivity contribution in [2.75, 3.05) is 26.2 Å². The Bertz CT molecular complexity index is 413. The van der Waals surface area contributed by atoms with Crippen LogP contribution in [0, 0.1) is 0 Å². The topological polar surface area (TPSA) is 42.5 Å². The van der Waals surface area contributed by atoms with Crippen molar-refractivity contribution in [3.8, 4) is 11.5 Å². The van der Waals surface area contributed by atoms with E-state index in [-0.39, 0.29) is 30.6 Å². The lowest BCUT2D eigenvalue weighted by Gasteiger charge is -2.24. The van der Waals surface area contributed by atoms with E-state index in [9.17, 15) is 13.2 Å². The zero-order valence-corrected chi connectivity index (χ0v) is 13.3. The second-order valence-electron chi connectivity index (χ2n) is 4.51. The van der Waals surface area contributed by atoms with E-state index in [1.807, 2.05) is 0 Å². The molecule has 2 rings (SSSR count). The first-order chi connectivity index (χ1) is 9.53. The molecule has 9 heteroatoms. The van der Waals surface area contributed by atoms with Crippen LogP contribution in [0.2, 0.25) is 0 Å². The number of alkyl halides is 3. The summed E-state index contributed by atoms with van der Waals surface area (Å²) in [6.07, 6.45) is -3.82. The highest BCUT2D eigenvalue weighted by molar-refractivity contribution is 5.85. The van der Waals surface area contributed by atoms with Crippen LogP contribution in [0.5, 0.6) is 11.5 Å². The molecule has 1 aliphatic heterocycles. The summed E-state index contributed by atoms with van der Waals surface area (Å²) in [6, 6.07) is 5.78. The minimum atomic E-state index is -4.66. The molecule has 1 aromatic carbocycles. The lowest BCUT2D eigenvalue weighted by atomic mass is 10.2. The average molecular weight is 363 g/mol. The maximum absolute atomic E-state index is 12.0. The van der Waals surface area contributed by atoms with Gasteiger partial charge in [-0.05, 0) is 30.7 Å². The third-order valence-corrected chi connectivity index (χ3v) is 2.92. The fraction of sp³-hybridized carbons (Fsp3) is 0.538. The summed E-state index contributed by atoms with van der Waals surface area (Å²) in [5.41, 5.74) is 0. The minimum absolute atomic E-state index is 0. The number of hydrogen-bond donors (Lipinski definition) is 2. The van der Waals surface area contributed by atoms with Crippen molar-refractivity contribution in [2.45, 2.75) is 18.8 Å². The summed E-state index contributed by atoms with van der Waals surface area (Å²) in [7, 11) is 0. The van der Waals surface area contributed by atoms with Gasteiger partial charge >= 0.3 is 6.36 Å². The Labute approximate surface area is 139 Å². The Balaban J connectivity index is 0.00000220. The maximum atomic E-state index is 12.0. The van der Waals surface area contributed by atoms with Gasteiger partial charge in [0.05, 0.1) is 6.61 Å². The smallest absolute Gasteiger partial charge is 0.494 e. The van der Waals surface area contributed by atoms with Crippen molar-refractivity contribution >= 4 is 24.8 Å². The number of benzene rings is 1. The standard InChI is InChI=1S/C13H17F3N2O2.2ClH/c14-13(15,16)20-12-3-1-11(2-4-12)19-8-5-10-9-17-6-7-18-10;;/h1-4,10,17-18H,5-9H2;2*1H. The molecular weight excluding hydrogens is 344 g/mol. The van der Waals surface area contributed by atoms with E-state index in [4.69, 9.17) is 4.74 Å². The Morgan fingerprint density at radius 3 is 2.23 bits per heavy atom. The SMILES string of the molecule is Cl.Cl.FC(F)(F)Oc1ccc(OCCC2CNCCN2)cc1. The number of rotatable bonds is 5. The second kappa shape index (κ2) is 9.99. The van der Waals surface area contributed by atoms with Crippen molar-refractivity contribution in [2.24, 2.45) is 0 Å². The average Bonchev–Trinajstić information content (AvgIpc) is 2.40. The van der Waals surface area contributed by atoms with Crippen LogP contribution < -0.4 is 20.1 Å². The highest BCUT2D eigenvalue weighted by atomic mass is 35.5. The summed E-state index contributed by atoms with van der Waals surface area (Å²) in [5, 5.41) is 6.62. The molecule has 0 amide bonds. The summed E-state index contributed by atoms with van der Waals surface area (Å²) in [5.74, 6) is 0.284. The third-order valence-electron chi connectivity index (χ3n) is 2.92. The minimum Gasteiger partial charge on any atom is -0.494 e. The summed E-state index contributed by atoms with van der Waals surface area (Å²) < 4.78 is 45.2. The number of ether oxygens (including phenoxy) is 2. The van der Waals surface area contributed by atoms with Gasteiger partial charge in [0.15, 0.2) is 0 Å². The lowest BCUT2D eigenvalue weighted by Crippen LogP contribution is -2.48. The Morgan fingerprint density at radius 2 is 1.68 bits per heavy atom. The maximum Gasteiger partial charge on any atom is 0.573 e. The van der Waals surface area contributed by atoms with Gasteiger partial charge in [-0.3, -0.25) is 0 Å². The van der Waals surface area contributed by atoms with Gasteiger partial charge in [-0.25, -0.2) is 0 Å². The van der Waals surface area contributed by atoms with Crippen LogP contribution in [0.1, 0.15) is 6.42 Å². The van der Waals surface area contributed by atoms with Gasteiger partial charge in [-0.2, -0.15) is 0 Å². The van der Waals surface area contributed by atoms with E-state index in [2.05, 4.69) is 15.4 Å². The van der Waals surface area contributed by atoms with Crippen molar-refractivity contribution in [1.82, 2.24) is 10.6 Å². The van der Waals surface area contributed by atoms with E-state index in [0.717, 1.165) is 26.1 Å². The highest BCUT2D eigenvalue weighted by Gasteiger charge is 2.30. The van der Waals surface area contributed by atoms with E-state index in [1.165, 1.54) is 24.3 Å². The number of nitrogens with one attached hydrogen (secondary N) is 2. The molecule has 1 heterocycles. The molecule has 0 radical (unpaired) electrons. The molecule has 2 N–H and O–H groups in total. The summed E-state index contributed by atoms with van der Waals surface area (Å²) in [4.78, 5) is 0. The van der Waals surface area contributed by atoms with Gasteiger partial charge in [-0.15, -0.1) is 38.0 Å². The fourth-order valence-electron chi connectivity index (χ4n) is 1.97. The molecule has 1 atom stereocenters. The van der Waals surface area contributed by atoms with E-state index >= 15 is 0 Å². The Hall–Kier alpha value is -0.890. The second-order valence-corrected chi connectivity index (χ2v) is 4.51. The number of hydrogen-bond acceptors (Lipinski definition) is 4. The molecule has 0 bridgehead atoms. The van der Waals surface area contributed by atoms with Gasteiger partial charge in [0.2, 0.25) is 0 Å². The first kappa shape index (κ1) is 21.1. The van der Waals surface area contributed by atoms with Crippen LogP contribution in [0.4, 0.5) is 13.2 Å². The molecule has 0 aliphatic carbocycles. The number of piperazine rings is 1. The molecule has 4 nitrogen and oxygen atoms in total. The molecule has 1 saturated heterocycles. The molecule has 1 aromatic rings. The van der Waals surface area contributed by atoms with E-state index in [0.29, 0.717) is 18.4 Å². The van der Waals surface area contributed by atoms with E-state index < -0.39 is 6.36 Å². The van der Waals surface area contributed by atoms with Gasteiger partial charge in [0, 0.05) is 25.7 Å². The first-order valence-corrected chi connectivity index (χ1v) is 6.46. The Kier molecular flexibility index (Phi) is 9.59. The van der Waals surface area contributed by atoms with Crippen molar-refractivity contribution in [3.05, 3.63) is 24.3 Å². The Morgan fingerprint density at radius 1 is 1.05 bits per heavy atom. The molecule has 0 aromatic heterocycles.